The minimum atomic E-state index is -5.08. The van der Waals surface area contributed by atoms with Gasteiger partial charge in [0.1, 0.15) is 5.69 Å². The summed E-state index contributed by atoms with van der Waals surface area (Å²) in [6, 6.07) is 11.7. The standard InChI is InChI=1S/C20H24N2O3.C2HF3O2/c1-2-24-16-13-20(25-14-16)9-11-22(12-10-20)19(23)18-8-7-15-5-3-4-6-17(15)21-18;3-2(4,5)1(6)7/h3-8,16H,2,9-14H2,1H3;(H,6,7). The van der Waals surface area contributed by atoms with Crippen molar-refractivity contribution in [3.63, 3.8) is 0 Å². The second-order valence-electron chi connectivity index (χ2n) is 7.76. The molecule has 4 rings (SSSR count). The van der Waals surface area contributed by atoms with Crippen LogP contribution in [0.5, 0.6) is 0 Å². The van der Waals surface area contributed by atoms with Crippen LogP contribution in [0.3, 0.4) is 0 Å². The van der Waals surface area contributed by atoms with Gasteiger partial charge in [-0.15, -0.1) is 0 Å². The molecule has 0 aliphatic carbocycles. The SMILES string of the molecule is CCOC1COC2(CCN(C(=O)c3ccc4ccccc4n3)CC2)C1.O=C(O)C(F)(F)F. The smallest absolute Gasteiger partial charge is 0.475 e. The molecule has 0 radical (unpaired) electrons. The molecular formula is C22H25F3N2O5. The van der Waals surface area contributed by atoms with Crippen LogP contribution in [-0.4, -0.2) is 71.1 Å². The fourth-order valence-corrected chi connectivity index (χ4v) is 3.96. The predicted octanol–water partition coefficient (Wildman–Crippen LogP) is 3.67. The summed E-state index contributed by atoms with van der Waals surface area (Å²) in [5.74, 6) is -2.74. The molecule has 10 heteroatoms. The molecule has 2 fully saturated rings. The molecule has 1 amide bonds. The van der Waals surface area contributed by atoms with E-state index in [0.717, 1.165) is 36.8 Å². The van der Waals surface area contributed by atoms with Crippen molar-refractivity contribution in [1.82, 2.24) is 9.88 Å². The Morgan fingerprint density at radius 2 is 1.88 bits per heavy atom. The molecule has 2 aliphatic rings. The Morgan fingerprint density at radius 1 is 1.22 bits per heavy atom. The number of benzene rings is 1. The number of piperidine rings is 1. The highest BCUT2D eigenvalue weighted by molar-refractivity contribution is 5.95. The van der Waals surface area contributed by atoms with E-state index in [1.165, 1.54) is 0 Å². The van der Waals surface area contributed by atoms with Crippen LogP contribution in [-0.2, 0) is 14.3 Å². The van der Waals surface area contributed by atoms with Crippen LogP contribution < -0.4 is 0 Å². The van der Waals surface area contributed by atoms with Crippen molar-refractivity contribution in [3.8, 4) is 0 Å². The van der Waals surface area contributed by atoms with Crippen LogP contribution in [0.2, 0.25) is 0 Å². The molecule has 2 saturated heterocycles. The van der Waals surface area contributed by atoms with E-state index in [-0.39, 0.29) is 17.6 Å². The van der Waals surface area contributed by atoms with Crippen LogP contribution in [0.4, 0.5) is 13.2 Å². The molecule has 32 heavy (non-hydrogen) atoms. The maximum absolute atomic E-state index is 12.8. The average Bonchev–Trinajstić information content (AvgIpc) is 3.15. The molecular weight excluding hydrogens is 429 g/mol. The summed E-state index contributed by atoms with van der Waals surface area (Å²) in [5, 5.41) is 8.18. The number of halogens is 3. The van der Waals surface area contributed by atoms with Crippen molar-refractivity contribution in [2.45, 2.75) is 44.1 Å². The summed E-state index contributed by atoms with van der Waals surface area (Å²) in [6.45, 7) is 4.84. The number of aromatic nitrogens is 1. The number of likely N-dealkylation sites (tertiary alicyclic amines) is 1. The summed E-state index contributed by atoms with van der Waals surface area (Å²) in [7, 11) is 0. The number of carbonyl (C=O) groups is 2. The number of fused-ring (bicyclic) bond motifs is 1. The lowest BCUT2D eigenvalue weighted by Gasteiger charge is -2.38. The van der Waals surface area contributed by atoms with Gasteiger partial charge in [-0.25, -0.2) is 9.78 Å². The Hall–Kier alpha value is -2.72. The van der Waals surface area contributed by atoms with Gasteiger partial charge in [-0.1, -0.05) is 24.3 Å². The van der Waals surface area contributed by atoms with Gasteiger partial charge in [-0.3, -0.25) is 4.79 Å². The Bertz CT molecular complexity index is 958. The molecule has 0 saturated carbocycles. The Balaban J connectivity index is 0.000000360. The zero-order valence-electron chi connectivity index (χ0n) is 17.6. The van der Waals surface area contributed by atoms with Gasteiger partial charge in [-0.05, 0) is 31.9 Å². The first-order chi connectivity index (χ1) is 15.1. The minimum Gasteiger partial charge on any atom is -0.475 e. The molecule has 7 nitrogen and oxygen atoms in total. The Kier molecular flexibility index (Phi) is 7.35. The summed E-state index contributed by atoms with van der Waals surface area (Å²) in [6.07, 6.45) is -2.20. The fourth-order valence-electron chi connectivity index (χ4n) is 3.96. The average molecular weight is 454 g/mol. The number of pyridine rings is 1. The van der Waals surface area contributed by atoms with Gasteiger partial charge in [0.2, 0.25) is 0 Å². The van der Waals surface area contributed by atoms with Crippen molar-refractivity contribution in [3.05, 3.63) is 42.1 Å². The molecule has 1 unspecified atom stereocenters. The highest BCUT2D eigenvalue weighted by Gasteiger charge is 2.44. The molecule has 1 N–H and O–H groups in total. The Labute approximate surface area is 183 Å². The van der Waals surface area contributed by atoms with E-state index < -0.39 is 12.1 Å². The maximum atomic E-state index is 12.8. The molecule has 1 aromatic heterocycles. The number of ether oxygens (including phenoxy) is 2. The molecule has 3 heterocycles. The molecule has 2 aliphatic heterocycles. The van der Waals surface area contributed by atoms with E-state index in [2.05, 4.69) is 4.98 Å². The Morgan fingerprint density at radius 3 is 2.50 bits per heavy atom. The highest BCUT2D eigenvalue weighted by Crippen LogP contribution is 2.37. The second-order valence-corrected chi connectivity index (χ2v) is 7.76. The third-order valence-corrected chi connectivity index (χ3v) is 5.60. The number of alkyl halides is 3. The van der Waals surface area contributed by atoms with E-state index in [9.17, 15) is 18.0 Å². The lowest BCUT2D eigenvalue weighted by Crippen LogP contribution is -2.46. The molecule has 2 aromatic rings. The van der Waals surface area contributed by atoms with E-state index in [1.807, 2.05) is 48.2 Å². The number of hydrogen-bond donors (Lipinski definition) is 1. The summed E-state index contributed by atoms with van der Waals surface area (Å²) in [4.78, 5) is 28.1. The maximum Gasteiger partial charge on any atom is 0.490 e. The molecule has 0 bridgehead atoms. The van der Waals surface area contributed by atoms with Crippen LogP contribution in [0.15, 0.2) is 36.4 Å². The van der Waals surface area contributed by atoms with Crippen LogP contribution in [0.25, 0.3) is 10.9 Å². The predicted molar refractivity (Wildman–Crippen MR) is 109 cm³/mol. The van der Waals surface area contributed by atoms with Crippen molar-refractivity contribution in [1.29, 1.82) is 0 Å². The quantitative estimate of drug-likeness (QED) is 0.762. The van der Waals surface area contributed by atoms with Gasteiger partial charge in [0, 0.05) is 31.5 Å². The first-order valence-corrected chi connectivity index (χ1v) is 10.3. The zero-order chi connectivity index (χ0) is 23.4. The number of carboxylic acid groups (broad SMARTS) is 1. The highest BCUT2D eigenvalue weighted by atomic mass is 19.4. The molecule has 1 aromatic carbocycles. The van der Waals surface area contributed by atoms with Crippen molar-refractivity contribution < 1.29 is 37.3 Å². The molecule has 1 spiro atoms. The van der Waals surface area contributed by atoms with Crippen LogP contribution >= 0.6 is 0 Å². The number of rotatable bonds is 3. The third-order valence-electron chi connectivity index (χ3n) is 5.60. The van der Waals surface area contributed by atoms with Crippen molar-refractivity contribution >= 4 is 22.8 Å². The number of amides is 1. The number of aliphatic carboxylic acids is 1. The fraction of sp³-hybridized carbons (Fsp3) is 0.500. The van der Waals surface area contributed by atoms with Gasteiger partial charge in [0.25, 0.3) is 5.91 Å². The summed E-state index contributed by atoms with van der Waals surface area (Å²) < 4.78 is 43.5. The number of para-hydroxylation sites is 1. The lowest BCUT2D eigenvalue weighted by atomic mass is 9.88. The number of hydrogen-bond acceptors (Lipinski definition) is 5. The van der Waals surface area contributed by atoms with E-state index in [1.54, 1.807) is 0 Å². The third kappa shape index (κ3) is 5.74. The number of carboxylic acids is 1. The molecule has 1 atom stereocenters. The van der Waals surface area contributed by atoms with Gasteiger partial charge >= 0.3 is 12.1 Å². The van der Waals surface area contributed by atoms with Gasteiger partial charge in [0.05, 0.1) is 23.8 Å². The summed E-state index contributed by atoms with van der Waals surface area (Å²) in [5.41, 5.74) is 1.28. The zero-order valence-corrected chi connectivity index (χ0v) is 17.6. The number of nitrogens with zero attached hydrogens (tertiary/aromatic N) is 2. The van der Waals surface area contributed by atoms with E-state index in [0.29, 0.717) is 25.4 Å². The normalized spacial score (nSPS) is 20.1. The molecule has 174 valence electrons. The van der Waals surface area contributed by atoms with Crippen molar-refractivity contribution in [2.24, 2.45) is 0 Å². The topological polar surface area (TPSA) is 89.0 Å². The van der Waals surface area contributed by atoms with Crippen LogP contribution in [0, 0.1) is 0 Å². The lowest BCUT2D eigenvalue weighted by molar-refractivity contribution is -0.192. The van der Waals surface area contributed by atoms with Crippen LogP contribution in [0.1, 0.15) is 36.7 Å². The minimum absolute atomic E-state index is 0.0139. The monoisotopic (exact) mass is 454 g/mol. The first kappa shape index (κ1) is 23.9. The van der Waals surface area contributed by atoms with E-state index in [4.69, 9.17) is 19.4 Å². The van der Waals surface area contributed by atoms with Gasteiger partial charge in [0.15, 0.2) is 0 Å². The van der Waals surface area contributed by atoms with E-state index >= 15 is 0 Å². The second kappa shape index (κ2) is 9.83. The summed E-state index contributed by atoms with van der Waals surface area (Å²) >= 11 is 0. The van der Waals surface area contributed by atoms with Gasteiger partial charge < -0.3 is 19.5 Å². The number of carbonyl (C=O) groups excluding carboxylic acids is 1. The first-order valence-electron chi connectivity index (χ1n) is 10.3. The largest absolute Gasteiger partial charge is 0.490 e. The van der Waals surface area contributed by atoms with Gasteiger partial charge in [-0.2, -0.15) is 13.2 Å². The van der Waals surface area contributed by atoms with Crippen molar-refractivity contribution in [2.75, 3.05) is 26.3 Å².